The zero-order chi connectivity index (χ0) is 23.5. The quantitative estimate of drug-likeness (QED) is 0.564. The molecule has 0 radical (unpaired) electrons. The Kier molecular flexibility index (Phi) is 7.02. The Balaban J connectivity index is 1.29. The number of likely N-dealkylation sites (tertiary alicyclic amines) is 1. The van der Waals surface area contributed by atoms with Crippen LogP contribution in [0.2, 0.25) is 0 Å². The summed E-state index contributed by atoms with van der Waals surface area (Å²) in [6, 6.07) is 7.27. The van der Waals surface area contributed by atoms with Crippen molar-refractivity contribution in [3.63, 3.8) is 0 Å². The lowest BCUT2D eigenvalue weighted by Crippen LogP contribution is -2.49. The number of aromatic hydroxyl groups is 1. The fraction of sp³-hybridized carbons (Fsp3) is 0.560. The van der Waals surface area contributed by atoms with Crippen LogP contribution in [-0.2, 0) is 11.2 Å². The Bertz CT molecular complexity index is 990. The fourth-order valence-corrected chi connectivity index (χ4v) is 4.47. The van der Waals surface area contributed by atoms with Gasteiger partial charge in [-0.05, 0) is 55.2 Å². The number of rotatable bonds is 8. The number of piperidine rings is 1. The molecule has 1 saturated heterocycles. The van der Waals surface area contributed by atoms with Gasteiger partial charge in [0.1, 0.15) is 11.5 Å². The van der Waals surface area contributed by atoms with E-state index >= 15 is 0 Å². The van der Waals surface area contributed by atoms with E-state index in [0.717, 1.165) is 29.7 Å². The van der Waals surface area contributed by atoms with Gasteiger partial charge in [-0.3, -0.25) is 9.59 Å². The highest BCUT2D eigenvalue weighted by atomic mass is 16.5. The van der Waals surface area contributed by atoms with E-state index in [-0.39, 0.29) is 42.0 Å². The third-order valence-corrected chi connectivity index (χ3v) is 6.71. The van der Waals surface area contributed by atoms with Crippen LogP contribution in [0.15, 0.2) is 28.8 Å². The second-order valence-electron chi connectivity index (χ2n) is 9.65. The summed E-state index contributed by atoms with van der Waals surface area (Å²) in [6.07, 6.45) is 4.12. The van der Waals surface area contributed by atoms with Gasteiger partial charge in [0, 0.05) is 37.7 Å². The average molecular weight is 455 g/mol. The SMILES string of the molecule is CC(C)c1cc(C[C@H](CN)C(=O)N2CCC(NC(=O)c3cc(C4CC4)on3)CC2)ccc1O. The first-order valence-corrected chi connectivity index (χ1v) is 11.9. The number of hydrogen-bond acceptors (Lipinski definition) is 6. The minimum absolute atomic E-state index is 0.00431. The molecule has 1 atom stereocenters. The van der Waals surface area contributed by atoms with Crippen LogP contribution < -0.4 is 11.1 Å². The molecule has 2 fully saturated rings. The van der Waals surface area contributed by atoms with Crippen molar-refractivity contribution in [3.05, 3.63) is 46.8 Å². The lowest BCUT2D eigenvalue weighted by molar-refractivity contribution is -0.136. The van der Waals surface area contributed by atoms with Gasteiger partial charge in [-0.2, -0.15) is 0 Å². The summed E-state index contributed by atoms with van der Waals surface area (Å²) in [7, 11) is 0. The molecule has 0 spiro atoms. The molecular weight excluding hydrogens is 420 g/mol. The Labute approximate surface area is 194 Å². The first kappa shape index (κ1) is 23.3. The highest BCUT2D eigenvalue weighted by Gasteiger charge is 2.31. The van der Waals surface area contributed by atoms with Crippen molar-refractivity contribution in [2.45, 2.75) is 63.8 Å². The number of nitrogens with zero attached hydrogens (tertiary/aromatic N) is 2. The van der Waals surface area contributed by atoms with Crippen LogP contribution in [-0.4, -0.2) is 52.7 Å². The van der Waals surface area contributed by atoms with Gasteiger partial charge < -0.3 is 25.6 Å². The predicted molar refractivity (Wildman–Crippen MR) is 124 cm³/mol. The van der Waals surface area contributed by atoms with Crippen molar-refractivity contribution in [2.24, 2.45) is 11.7 Å². The van der Waals surface area contributed by atoms with Crippen LogP contribution >= 0.6 is 0 Å². The molecule has 1 aliphatic heterocycles. The van der Waals surface area contributed by atoms with Crippen LogP contribution in [0, 0.1) is 5.92 Å². The minimum Gasteiger partial charge on any atom is -0.508 e. The zero-order valence-electron chi connectivity index (χ0n) is 19.4. The van der Waals surface area contributed by atoms with Gasteiger partial charge in [0.15, 0.2) is 5.69 Å². The summed E-state index contributed by atoms with van der Waals surface area (Å²) in [6.45, 7) is 5.49. The first-order chi connectivity index (χ1) is 15.9. The third-order valence-electron chi connectivity index (χ3n) is 6.71. The molecule has 4 N–H and O–H groups in total. The second kappa shape index (κ2) is 9.95. The van der Waals surface area contributed by atoms with Gasteiger partial charge >= 0.3 is 0 Å². The topological polar surface area (TPSA) is 122 Å². The van der Waals surface area contributed by atoms with Crippen LogP contribution in [0.4, 0.5) is 0 Å². The number of amides is 2. The molecule has 1 saturated carbocycles. The molecule has 8 heteroatoms. The molecule has 2 aromatic rings. The molecule has 33 heavy (non-hydrogen) atoms. The molecular formula is C25H34N4O4. The summed E-state index contributed by atoms with van der Waals surface area (Å²) in [5.74, 6) is 1.21. The van der Waals surface area contributed by atoms with Crippen LogP contribution in [0.1, 0.15) is 78.7 Å². The summed E-state index contributed by atoms with van der Waals surface area (Å²) < 4.78 is 5.27. The predicted octanol–water partition coefficient (Wildman–Crippen LogP) is 2.92. The Morgan fingerprint density at radius 1 is 1.21 bits per heavy atom. The van der Waals surface area contributed by atoms with E-state index < -0.39 is 0 Å². The standard InChI is InChI=1S/C25H34N4O4/c1-15(2)20-12-16(3-6-22(20)30)11-18(14-26)25(32)29-9-7-19(8-10-29)27-24(31)21-13-23(33-28-21)17-4-5-17/h3,6,12-13,15,17-19,30H,4-5,7-11,14,26H2,1-2H3,(H,27,31)/t18-/m1/s1. The number of hydrogen-bond donors (Lipinski definition) is 3. The summed E-state index contributed by atoms with van der Waals surface area (Å²) in [5.41, 5.74) is 8.18. The number of phenols is 1. The van der Waals surface area contributed by atoms with Crippen molar-refractivity contribution < 1.29 is 19.2 Å². The summed E-state index contributed by atoms with van der Waals surface area (Å²) in [4.78, 5) is 27.5. The van der Waals surface area contributed by atoms with Crippen LogP contribution in [0.25, 0.3) is 0 Å². The van der Waals surface area contributed by atoms with E-state index in [1.165, 1.54) is 0 Å². The van der Waals surface area contributed by atoms with E-state index in [1.807, 2.05) is 30.9 Å². The summed E-state index contributed by atoms with van der Waals surface area (Å²) >= 11 is 0. The Morgan fingerprint density at radius 2 is 1.94 bits per heavy atom. The van der Waals surface area contributed by atoms with E-state index in [4.69, 9.17) is 10.3 Å². The van der Waals surface area contributed by atoms with Gasteiger partial charge in [-0.15, -0.1) is 0 Å². The Morgan fingerprint density at radius 3 is 2.58 bits per heavy atom. The minimum atomic E-state index is -0.309. The largest absolute Gasteiger partial charge is 0.508 e. The third kappa shape index (κ3) is 5.55. The maximum Gasteiger partial charge on any atom is 0.273 e. The summed E-state index contributed by atoms with van der Waals surface area (Å²) in [5, 5.41) is 17.0. The first-order valence-electron chi connectivity index (χ1n) is 11.9. The number of phenolic OH excluding ortho intramolecular Hbond substituents is 1. The number of carbonyl (C=O) groups excluding carboxylic acids is 2. The number of aromatic nitrogens is 1. The number of nitrogens with two attached hydrogens (primary N) is 1. The monoisotopic (exact) mass is 454 g/mol. The van der Waals surface area contributed by atoms with Crippen LogP contribution in [0.3, 0.4) is 0 Å². The Hall–Kier alpha value is -2.87. The molecule has 0 unspecified atom stereocenters. The van der Waals surface area contributed by atoms with Gasteiger partial charge in [0.05, 0.1) is 5.92 Å². The van der Waals surface area contributed by atoms with E-state index in [1.54, 1.807) is 12.1 Å². The second-order valence-corrected chi connectivity index (χ2v) is 9.65. The lowest BCUT2D eigenvalue weighted by Gasteiger charge is -2.34. The maximum absolute atomic E-state index is 13.1. The number of benzene rings is 1. The molecule has 2 aliphatic rings. The van der Waals surface area contributed by atoms with Crippen molar-refractivity contribution in [1.82, 2.24) is 15.4 Å². The molecule has 8 nitrogen and oxygen atoms in total. The van der Waals surface area contributed by atoms with Gasteiger partial charge in [-0.25, -0.2) is 0 Å². The van der Waals surface area contributed by atoms with E-state index in [2.05, 4.69) is 10.5 Å². The van der Waals surface area contributed by atoms with Gasteiger partial charge in [0.25, 0.3) is 5.91 Å². The van der Waals surface area contributed by atoms with Crippen molar-refractivity contribution >= 4 is 11.8 Å². The van der Waals surface area contributed by atoms with Crippen molar-refractivity contribution in [2.75, 3.05) is 19.6 Å². The van der Waals surface area contributed by atoms with Crippen molar-refractivity contribution in [1.29, 1.82) is 0 Å². The molecule has 0 bridgehead atoms. The maximum atomic E-state index is 13.1. The number of carbonyl (C=O) groups is 2. The smallest absolute Gasteiger partial charge is 0.273 e. The average Bonchev–Trinajstić information content (AvgIpc) is 3.54. The fourth-order valence-electron chi connectivity index (χ4n) is 4.47. The van der Waals surface area contributed by atoms with Gasteiger partial charge in [-0.1, -0.05) is 31.1 Å². The molecule has 1 aromatic heterocycles. The van der Waals surface area contributed by atoms with Crippen molar-refractivity contribution in [3.8, 4) is 5.75 Å². The lowest BCUT2D eigenvalue weighted by atomic mass is 9.93. The molecule has 2 amide bonds. The van der Waals surface area contributed by atoms with E-state index in [9.17, 15) is 14.7 Å². The normalized spacial score (nSPS) is 17.9. The molecule has 4 rings (SSSR count). The highest BCUT2D eigenvalue weighted by molar-refractivity contribution is 5.92. The molecule has 2 heterocycles. The molecule has 178 valence electrons. The molecule has 1 aliphatic carbocycles. The zero-order valence-corrected chi connectivity index (χ0v) is 19.4. The van der Waals surface area contributed by atoms with Crippen LogP contribution in [0.5, 0.6) is 5.75 Å². The van der Waals surface area contributed by atoms with Gasteiger partial charge in [0.2, 0.25) is 5.91 Å². The van der Waals surface area contributed by atoms with E-state index in [0.29, 0.717) is 44.0 Å². The molecule has 1 aromatic carbocycles. The number of nitrogens with one attached hydrogen (secondary N) is 1. The highest BCUT2D eigenvalue weighted by Crippen LogP contribution is 2.40.